The number of benzene rings is 1. The summed E-state index contributed by atoms with van der Waals surface area (Å²) < 4.78 is 0. The highest BCUT2D eigenvalue weighted by molar-refractivity contribution is 7.11. The molecule has 0 saturated heterocycles. The Kier molecular flexibility index (Phi) is 4.56. The molecule has 100 valence electrons. The number of hydrogen-bond donors (Lipinski definition) is 1. The second kappa shape index (κ2) is 6.17. The van der Waals surface area contributed by atoms with Crippen LogP contribution in [0.5, 0.6) is 0 Å². The van der Waals surface area contributed by atoms with E-state index in [-0.39, 0.29) is 6.42 Å². The Bertz CT molecular complexity index is 578. The quantitative estimate of drug-likeness (QED) is 0.915. The Balaban J connectivity index is 2.07. The lowest BCUT2D eigenvalue weighted by molar-refractivity contribution is -0.136. The van der Waals surface area contributed by atoms with Crippen LogP contribution in [0.1, 0.15) is 27.6 Å². The molecule has 0 radical (unpaired) electrons. The molecule has 3 nitrogen and oxygen atoms in total. The minimum Gasteiger partial charge on any atom is -0.481 e. The van der Waals surface area contributed by atoms with Gasteiger partial charge in [-0.15, -0.1) is 11.3 Å². The summed E-state index contributed by atoms with van der Waals surface area (Å²) in [6.07, 6.45) is 1.47. The molecule has 5 heteroatoms. The first kappa shape index (κ1) is 14.0. The van der Waals surface area contributed by atoms with E-state index in [0.29, 0.717) is 6.42 Å². The third-order valence-corrected chi connectivity index (χ3v) is 4.24. The van der Waals surface area contributed by atoms with Crippen LogP contribution in [0.15, 0.2) is 24.3 Å². The highest BCUT2D eigenvalue weighted by Crippen LogP contribution is 2.22. The molecule has 0 bridgehead atoms. The molecule has 0 unspecified atom stereocenters. The molecule has 1 N–H and O–H groups in total. The maximum atomic E-state index is 10.6. The first-order valence-corrected chi connectivity index (χ1v) is 7.15. The zero-order chi connectivity index (χ0) is 13.8. The summed E-state index contributed by atoms with van der Waals surface area (Å²) in [5, 5.41) is 10.4. The van der Waals surface area contributed by atoms with Crippen molar-refractivity contribution in [2.75, 3.05) is 0 Å². The van der Waals surface area contributed by atoms with E-state index < -0.39 is 5.97 Å². The topological polar surface area (TPSA) is 50.2 Å². The van der Waals surface area contributed by atoms with Crippen molar-refractivity contribution >= 4 is 28.9 Å². The van der Waals surface area contributed by atoms with Crippen molar-refractivity contribution in [1.82, 2.24) is 4.98 Å². The zero-order valence-electron chi connectivity index (χ0n) is 10.5. The van der Waals surface area contributed by atoms with Gasteiger partial charge in [-0.2, -0.15) is 0 Å². The van der Waals surface area contributed by atoms with Crippen LogP contribution in [-0.2, 0) is 17.6 Å². The van der Waals surface area contributed by atoms with E-state index >= 15 is 0 Å². The molecule has 1 heterocycles. The van der Waals surface area contributed by atoms with Gasteiger partial charge in [-0.25, -0.2) is 4.98 Å². The standard InChI is InChI=1S/C14H14ClNO2S/c1-9-12(6-7-14(17)18)19-13(16-9)8-10-2-4-11(15)5-3-10/h2-5H,6-8H2,1H3,(H,17,18). The smallest absolute Gasteiger partial charge is 0.303 e. The van der Waals surface area contributed by atoms with Gasteiger partial charge in [0.2, 0.25) is 0 Å². The first-order chi connectivity index (χ1) is 9.04. The Hall–Kier alpha value is -1.39. The van der Waals surface area contributed by atoms with Crippen molar-refractivity contribution in [3.05, 3.63) is 50.4 Å². The van der Waals surface area contributed by atoms with E-state index in [0.717, 1.165) is 32.6 Å². The van der Waals surface area contributed by atoms with Gasteiger partial charge in [0.1, 0.15) is 0 Å². The van der Waals surface area contributed by atoms with Gasteiger partial charge in [-0.05, 0) is 31.0 Å². The predicted molar refractivity (Wildman–Crippen MR) is 77.1 cm³/mol. The fraction of sp³-hybridized carbons (Fsp3) is 0.286. The summed E-state index contributed by atoms with van der Waals surface area (Å²) >= 11 is 7.44. The van der Waals surface area contributed by atoms with Gasteiger partial charge < -0.3 is 5.11 Å². The molecule has 0 aliphatic rings. The van der Waals surface area contributed by atoms with Gasteiger partial charge in [0.05, 0.1) is 17.1 Å². The average Bonchev–Trinajstić information content (AvgIpc) is 2.70. The van der Waals surface area contributed by atoms with Gasteiger partial charge >= 0.3 is 5.97 Å². The Morgan fingerprint density at radius 1 is 1.37 bits per heavy atom. The minimum atomic E-state index is -0.771. The fourth-order valence-corrected chi connectivity index (χ4v) is 3.02. The van der Waals surface area contributed by atoms with E-state index in [1.165, 1.54) is 0 Å². The lowest BCUT2D eigenvalue weighted by atomic mass is 10.2. The summed E-state index contributed by atoms with van der Waals surface area (Å²) in [5.74, 6) is -0.771. The van der Waals surface area contributed by atoms with Crippen LogP contribution in [0.25, 0.3) is 0 Å². The van der Waals surface area contributed by atoms with Gasteiger partial charge in [0.25, 0.3) is 0 Å². The van der Waals surface area contributed by atoms with E-state index in [1.54, 1.807) is 11.3 Å². The Labute approximate surface area is 120 Å². The monoisotopic (exact) mass is 295 g/mol. The molecule has 2 aromatic rings. The third-order valence-electron chi connectivity index (χ3n) is 2.77. The van der Waals surface area contributed by atoms with E-state index in [9.17, 15) is 4.79 Å². The SMILES string of the molecule is Cc1nc(Cc2ccc(Cl)cc2)sc1CCC(=O)O. The van der Waals surface area contributed by atoms with E-state index in [2.05, 4.69) is 4.98 Å². The summed E-state index contributed by atoms with van der Waals surface area (Å²) in [5.41, 5.74) is 2.10. The number of thiazole rings is 1. The molecular formula is C14H14ClNO2S. The highest BCUT2D eigenvalue weighted by Gasteiger charge is 2.09. The number of carboxylic acid groups (broad SMARTS) is 1. The van der Waals surface area contributed by atoms with Gasteiger partial charge in [-0.1, -0.05) is 23.7 Å². The summed E-state index contributed by atoms with van der Waals surface area (Å²) in [6, 6.07) is 7.69. The van der Waals surface area contributed by atoms with Crippen molar-refractivity contribution in [1.29, 1.82) is 0 Å². The molecule has 19 heavy (non-hydrogen) atoms. The molecule has 0 aliphatic carbocycles. The van der Waals surface area contributed by atoms with Gasteiger partial charge in [0.15, 0.2) is 0 Å². The summed E-state index contributed by atoms with van der Waals surface area (Å²) in [7, 11) is 0. The van der Waals surface area contributed by atoms with Crippen molar-refractivity contribution in [2.24, 2.45) is 0 Å². The minimum absolute atomic E-state index is 0.156. The molecule has 2 rings (SSSR count). The first-order valence-electron chi connectivity index (χ1n) is 5.96. The highest BCUT2D eigenvalue weighted by atomic mass is 35.5. The van der Waals surface area contributed by atoms with Crippen LogP contribution < -0.4 is 0 Å². The number of aryl methyl sites for hydroxylation is 2. The Morgan fingerprint density at radius 3 is 2.68 bits per heavy atom. The number of nitrogens with zero attached hydrogens (tertiary/aromatic N) is 1. The Morgan fingerprint density at radius 2 is 2.05 bits per heavy atom. The fourth-order valence-electron chi connectivity index (χ4n) is 1.79. The summed E-state index contributed by atoms with van der Waals surface area (Å²) in [4.78, 5) is 16.1. The van der Waals surface area contributed by atoms with Crippen molar-refractivity contribution in [3.8, 4) is 0 Å². The van der Waals surface area contributed by atoms with Crippen LogP contribution in [0.3, 0.4) is 0 Å². The normalized spacial score (nSPS) is 10.6. The lowest BCUT2D eigenvalue weighted by Gasteiger charge is -1.97. The van der Waals surface area contributed by atoms with Crippen LogP contribution in [0.4, 0.5) is 0 Å². The van der Waals surface area contributed by atoms with Crippen LogP contribution >= 0.6 is 22.9 Å². The predicted octanol–water partition coefficient (Wildman–Crippen LogP) is 3.71. The number of carboxylic acids is 1. The lowest BCUT2D eigenvalue weighted by Crippen LogP contribution is -1.96. The largest absolute Gasteiger partial charge is 0.481 e. The van der Waals surface area contributed by atoms with Gasteiger partial charge in [0, 0.05) is 16.3 Å². The number of rotatable bonds is 5. The second-order valence-electron chi connectivity index (χ2n) is 4.31. The van der Waals surface area contributed by atoms with Crippen molar-refractivity contribution in [2.45, 2.75) is 26.2 Å². The molecule has 0 atom stereocenters. The number of carbonyl (C=O) groups is 1. The molecular weight excluding hydrogens is 282 g/mol. The second-order valence-corrected chi connectivity index (χ2v) is 5.92. The number of halogens is 1. The van der Waals surface area contributed by atoms with Crippen molar-refractivity contribution < 1.29 is 9.90 Å². The third kappa shape index (κ3) is 4.04. The maximum Gasteiger partial charge on any atom is 0.303 e. The van der Waals surface area contributed by atoms with Crippen LogP contribution in [-0.4, -0.2) is 16.1 Å². The van der Waals surface area contributed by atoms with Crippen molar-refractivity contribution in [3.63, 3.8) is 0 Å². The maximum absolute atomic E-state index is 10.6. The van der Waals surface area contributed by atoms with Crippen LogP contribution in [0.2, 0.25) is 5.02 Å². The number of aliphatic carboxylic acids is 1. The molecule has 0 fully saturated rings. The van der Waals surface area contributed by atoms with Gasteiger partial charge in [-0.3, -0.25) is 4.79 Å². The van der Waals surface area contributed by atoms with E-state index in [1.807, 2.05) is 31.2 Å². The molecule has 0 saturated carbocycles. The zero-order valence-corrected chi connectivity index (χ0v) is 12.1. The molecule has 0 aliphatic heterocycles. The summed E-state index contributed by atoms with van der Waals surface area (Å²) in [6.45, 7) is 1.93. The van der Waals surface area contributed by atoms with Crippen LogP contribution in [0, 0.1) is 6.92 Å². The molecule has 1 aromatic heterocycles. The number of hydrogen-bond acceptors (Lipinski definition) is 3. The molecule has 0 spiro atoms. The number of aromatic nitrogens is 1. The molecule has 1 aromatic carbocycles. The molecule has 0 amide bonds. The average molecular weight is 296 g/mol. The van der Waals surface area contributed by atoms with E-state index in [4.69, 9.17) is 16.7 Å².